The number of hydrogen-bond acceptors (Lipinski definition) is 3. The van der Waals surface area contributed by atoms with Gasteiger partial charge in [-0.05, 0) is 19.1 Å². The normalized spacial score (nSPS) is 12.5. The van der Waals surface area contributed by atoms with Gasteiger partial charge in [0.05, 0.1) is 6.61 Å². The van der Waals surface area contributed by atoms with Crippen molar-refractivity contribution in [3.63, 3.8) is 0 Å². The number of thioether (sulfide) groups is 1. The van der Waals surface area contributed by atoms with Crippen LogP contribution in [-0.2, 0) is 0 Å². The van der Waals surface area contributed by atoms with Crippen molar-refractivity contribution in [2.45, 2.75) is 24.0 Å². The fourth-order valence-electron chi connectivity index (χ4n) is 1.21. The quantitative estimate of drug-likeness (QED) is 0.414. The number of aryl methyl sites for hydroxylation is 1. The lowest BCUT2D eigenvalue weighted by molar-refractivity contribution is 0.300. The molecule has 0 saturated heterocycles. The Morgan fingerprint density at radius 1 is 1.60 bits per heavy atom. The van der Waals surface area contributed by atoms with E-state index < -0.39 is 0 Å². The molecule has 0 aliphatic heterocycles. The van der Waals surface area contributed by atoms with E-state index in [-0.39, 0.29) is 17.7 Å². The number of aliphatic hydroxyl groups is 1. The molecule has 1 aromatic carbocycles. The lowest BCUT2D eigenvalue weighted by Gasteiger charge is -2.12. The van der Waals surface area contributed by atoms with Gasteiger partial charge in [0.15, 0.2) is 0 Å². The van der Waals surface area contributed by atoms with E-state index in [2.05, 4.69) is 0 Å². The minimum Gasteiger partial charge on any atom is -0.395 e. The minimum atomic E-state index is 0.0753. The van der Waals surface area contributed by atoms with Gasteiger partial charge in [-0.2, -0.15) is 0 Å². The van der Waals surface area contributed by atoms with Crippen molar-refractivity contribution in [3.05, 3.63) is 29.3 Å². The Morgan fingerprint density at radius 3 is 2.80 bits per heavy atom. The number of amidine groups is 1. The molecular formula is C11H16N2OS. The maximum absolute atomic E-state index is 8.97. The van der Waals surface area contributed by atoms with Crippen LogP contribution in [0.2, 0.25) is 0 Å². The number of aliphatic hydroxyl groups excluding tert-OH is 1. The predicted octanol–water partition coefficient (Wildman–Crippen LogP) is 1.75. The molecule has 3 nitrogen and oxygen atoms in total. The fourth-order valence-corrected chi connectivity index (χ4v) is 2.16. The van der Waals surface area contributed by atoms with E-state index in [9.17, 15) is 0 Å². The molecule has 0 saturated carbocycles. The predicted molar refractivity (Wildman–Crippen MR) is 64.6 cm³/mol. The highest BCUT2D eigenvalue weighted by molar-refractivity contribution is 8.00. The molecule has 0 spiro atoms. The first-order valence-corrected chi connectivity index (χ1v) is 5.65. The van der Waals surface area contributed by atoms with Crippen LogP contribution in [0, 0.1) is 12.3 Å². The molecule has 0 fully saturated rings. The summed E-state index contributed by atoms with van der Waals surface area (Å²) in [6, 6.07) is 5.83. The summed E-state index contributed by atoms with van der Waals surface area (Å²) in [5, 5.41) is 16.6. The van der Waals surface area contributed by atoms with Crippen molar-refractivity contribution in [2.75, 3.05) is 6.61 Å². The van der Waals surface area contributed by atoms with Crippen molar-refractivity contribution in [1.82, 2.24) is 0 Å². The summed E-state index contributed by atoms with van der Waals surface area (Å²) in [6.45, 7) is 4.03. The fraction of sp³-hybridized carbons (Fsp3) is 0.364. The molecular weight excluding hydrogens is 208 g/mol. The topological polar surface area (TPSA) is 70.1 Å². The summed E-state index contributed by atoms with van der Waals surface area (Å²) in [5.41, 5.74) is 7.34. The van der Waals surface area contributed by atoms with Gasteiger partial charge in [0, 0.05) is 15.7 Å². The Balaban J connectivity index is 3.01. The number of benzene rings is 1. The lowest BCUT2D eigenvalue weighted by atomic mass is 10.1. The van der Waals surface area contributed by atoms with Gasteiger partial charge in [-0.15, -0.1) is 11.8 Å². The van der Waals surface area contributed by atoms with Gasteiger partial charge in [0.25, 0.3) is 0 Å². The first-order chi connectivity index (χ1) is 7.04. The number of hydrogen-bond donors (Lipinski definition) is 3. The van der Waals surface area contributed by atoms with E-state index in [0.29, 0.717) is 0 Å². The molecule has 0 aliphatic rings. The Morgan fingerprint density at radius 2 is 2.27 bits per heavy atom. The molecule has 1 atom stereocenters. The van der Waals surface area contributed by atoms with Crippen LogP contribution in [0.15, 0.2) is 23.1 Å². The van der Waals surface area contributed by atoms with Gasteiger partial charge in [0.2, 0.25) is 0 Å². The average molecular weight is 224 g/mol. The van der Waals surface area contributed by atoms with Crippen molar-refractivity contribution in [3.8, 4) is 0 Å². The maximum atomic E-state index is 8.97. The smallest absolute Gasteiger partial charge is 0.123 e. The van der Waals surface area contributed by atoms with Gasteiger partial charge in [-0.1, -0.05) is 18.6 Å². The lowest BCUT2D eigenvalue weighted by Crippen LogP contribution is -2.13. The second-order valence-electron chi connectivity index (χ2n) is 3.52. The second kappa shape index (κ2) is 5.19. The molecule has 0 heterocycles. The summed E-state index contributed by atoms with van der Waals surface area (Å²) in [6.07, 6.45) is 0. The summed E-state index contributed by atoms with van der Waals surface area (Å²) in [5.74, 6) is 0.0753. The highest BCUT2D eigenvalue weighted by atomic mass is 32.2. The summed E-state index contributed by atoms with van der Waals surface area (Å²) < 4.78 is 0. The van der Waals surface area contributed by atoms with Gasteiger partial charge in [0.1, 0.15) is 5.84 Å². The molecule has 0 aliphatic carbocycles. The van der Waals surface area contributed by atoms with Crippen LogP contribution in [0.4, 0.5) is 0 Å². The molecule has 1 aromatic rings. The van der Waals surface area contributed by atoms with Crippen molar-refractivity contribution in [2.24, 2.45) is 5.73 Å². The van der Waals surface area contributed by atoms with Crippen molar-refractivity contribution in [1.29, 1.82) is 5.41 Å². The molecule has 1 rings (SSSR count). The van der Waals surface area contributed by atoms with Crippen LogP contribution in [0.5, 0.6) is 0 Å². The third-order valence-electron chi connectivity index (χ3n) is 2.01. The van der Waals surface area contributed by atoms with Gasteiger partial charge in [-0.3, -0.25) is 5.41 Å². The molecule has 0 radical (unpaired) electrons. The molecule has 4 heteroatoms. The van der Waals surface area contributed by atoms with E-state index in [1.165, 1.54) is 11.8 Å². The zero-order chi connectivity index (χ0) is 11.4. The summed E-state index contributed by atoms with van der Waals surface area (Å²) in [7, 11) is 0. The standard InChI is InChI=1S/C11H16N2OS/c1-7-3-4-10(15-8(2)6-14)9(5-7)11(12)13/h3-5,8,14H,6H2,1-2H3,(H3,12,13). The van der Waals surface area contributed by atoms with E-state index in [1.54, 1.807) is 0 Å². The molecule has 0 bridgehead atoms. The van der Waals surface area contributed by atoms with E-state index in [4.69, 9.17) is 16.2 Å². The Labute approximate surface area is 94.2 Å². The largest absolute Gasteiger partial charge is 0.395 e. The third kappa shape index (κ3) is 3.25. The molecule has 4 N–H and O–H groups in total. The molecule has 82 valence electrons. The number of nitrogens with two attached hydrogens (primary N) is 1. The van der Waals surface area contributed by atoms with Crippen LogP contribution in [-0.4, -0.2) is 22.8 Å². The highest BCUT2D eigenvalue weighted by Gasteiger charge is 2.09. The summed E-state index contributed by atoms with van der Waals surface area (Å²) in [4.78, 5) is 0.953. The van der Waals surface area contributed by atoms with Crippen LogP contribution in [0.3, 0.4) is 0 Å². The van der Waals surface area contributed by atoms with E-state index >= 15 is 0 Å². The van der Waals surface area contributed by atoms with Crippen LogP contribution < -0.4 is 5.73 Å². The minimum absolute atomic E-state index is 0.0753. The van der Waals surface area contributed by atoms with Gasteiger partial charge < -0.3 is 10.8 Å². The van der Waals surface area contributed by atoms with Crippen LogP contribution >= 0.6 is 11.8 Å². The van der Waals surface area contributed by atoms with Crippen LogP contribution in [0.25, 0.3) is 0 Å². The van der Waals surface area contributed by atoms with Crippen molar-refractivity contribution < 1.29 is 5.11 Å². The molecule has 0 amide bonds. The zero-order valence-electron chi connectivity index (χ0n) is 8.95. The number of nitrogen functional groups attached to an aromatic ring is 1. The molecule has 0 aromatic heterocycles. The van der Waals surface area contributed by atoms with E-state index in [0.717, 1.165) is 16.0 Å². The highest BCUT2D eigenvalue weighted by Crippen LogP contribution is 2.27. The van der Waals surface area contributed by atoms with Crippen molar-refractivity contribution >= 4 is 17.6 Å². The Bertz CT molecular complexity index is 366. The van der Waals surface area contributed by atoms with Gasteiger partial charge >= 0.3 is 0 Å². The third-order valence-corrected chi connectivity index (χ3v) is 3.17. The Kier molecular flexibility index (Phi) is 4.17. The Hall–Kier alpha value is -1.00. The SMILES string of the molecule is Cc1ccc(SC(C)CO)c(C(=N)N)c1. The van der Waals surface area contributed by atoms with E-state index in [1.807, 2.05) is 32.0 Å². The number of rotatable bonds is 4. The summed E-state index contributed by atoms with van der Waals surface area (Å²) >= 11 is 1.54. The second-order valence-corrected chi connectivity index (χ2v) is 5.00. The monoisotopic (exact) mass is 224 g/mol. The zero-order valence-corrected chi connectivity index (χ0v) is 9.77. The maximum Gasteiger partial charge on any atom is 0.123 e. The first-order valence-electron chi connectivity index (χ1n) is 4.77. The van der Waals surface area contributed by atoms with Crippen LogP contribution in [0.1, 0.15) is 18.1 Å². The average Bonchev–Trinajstić information content (AvgIpc) is 2.20. The molecule has 15 heavy (non-hydrogen) atoms. The first kappa shape index (κ1) is 12.1. The van der Waals surface area contributed by atoms with Gasteiger partial charge in [-0.25, -0.2) is 0 Å². The molecule has 1 unspecified atom stereocenters. The number of nitrogens with one attached hydrogen (secondary N) is 1.